The molecule has 2 N–H and O–H groups in total. The van der Waals surface area contributed by atoms with Crippen LogP contribution in [0.25, 0.3) is 33.6 Å². The first-order chi connectivity index (χ1) is 17.3. The van der Waals surface area contributed by atoms with E-state index in [0.717, 1.165) is 39.9 Å². The molecule has 36 heavy (non-hydrogen) atoms. The first-order valence-corrected chi connectivity index (χ1v) is 11.6. The van der Waals surface area contributed by atoms with Crippen molar-refractivity contribution in [2.75, 3.05) is 34.4 Å². The highest BCUT2D eigenvalue weighted by molar-refractivity contribution is 6.01. The lowest BCUT2D eigenvalue weighted by Gasteiger charge is -2.16. The SMILES string of the molecule is COc1ccc(-c2cc(-c3ccc(-c4noc(C)n4)cc3C)ccc2C(N)=O)cc1OCCN(C)C. The third-order valence-corrected chi connectivity index (χ3v) is 5.88. The second-order valence-electron chi connectivity index (χ2n) is 8.81. The highest BCUT2D eigenvalue weighted by Gasteiger charge is 2.16. The average Bonchev–Trinajstić information content (AvgIpc) is 3.29. The summed E-state index contributed by atoms with van der Waals surface area (Å²) in [4.78, 5) is 18.7. The number of nitrogens with zero attached hydrogens (tertiary/aromatic N) is 3. The first kappa shape index (κ1) is 24.9. The lowest BCUT2D eigenvalue weighted by atomic mass is 9.92. The number of carbonyl (C=O) groups is 1. The highest BCUT2D eigenvalue weighted by atomic mass is 16.5. The topological polar surface area (TPSA) is 104 Å². The van der Waals surface area contributed by atoms with Crippen molar-refractivity contribution in [3.8, 4) is 45.1 Å². The molecule has 0 bridgehead atoms. The van der Waals surface area contributed by atoms with Crippen LogP contribution in [0.4, 0.5) is 0 Å². The number of rotatable bonds is 9. The number of ether oxygens (including phenoxy) is 2. The number of hydrogen-bond acceptors (Lipinski definition) is 7. The summed E-state index contributed by atoms with van der Waals surface area (Å²) in [5.41, 5.74) is 11.6. The van der Waals surface area contributed by atoms with Gasteiger partial charge in [0.1, 0.15) is 6.61 Å². The summed E-state index contributed by atoms with van der Waals surface area (Å²) < 4.78 is 16.6. The Hall–Kier alpha value is -4.17. The molecular formula is C28H30N4O4. The van der Waals surface area contributed by atoms with Crippen LogP contribution < -0.4 is 15.2 Å². The molecule has 0 aliphatic heterocycles. The number of benzene rings is 3. The van der Waals surface area contributed by atoms with Crippen LogP contribution in [0.5, 0.6) is 11.5 Å². The molecule has 1 heterocycles. The van der Waals surface area contributed by atoms with Gasteiger partial charge in [0.15, 0.2) is 11.5 Å². The van der Waals surface area contributed by atoms with E-state index in [4.69, 9.17) is 19.7 Å². The van der Waals surface area contributed by atoms with Gasteiger partial charge in [0.25, 0.3) is 0 Å². The molecule has 3 aromatic carbocycles. The zero-order valence-electron chi connectivity index (χ0n) is 21.2. The van der Waals surface area contributed by atoms with Crippen molar-refractivity contribution in [1.82, 2.24) is 15.0 Å². The van der Waals surface area contributed by atoms with E-state index < -0.39 is 5.91 Å². The molecule has 1 aromatic heterocycles. The Bertz CT molecular complexity index is 1390. The molecular weight excluding hydrogens is 456 g/mol. The van der Waals surface area contributed by atoms with Crippen molar-refractivity contribution in [1.29, 1.82) is 0 Å². The number of aryl methyl sites for hydroxylation is 2. The van der Waals surface area contributed by atoms with Crippen LogP contribution in [0.15, 0.2) is 59.1 Å². The molecule has 4 aromatic rings. The van der Waals surface area contributed by atoms with Gasteiger partial charge < -0.3 is 24.6 Å². The number of aromatic nitrogens is 2. The normalized spacial score (nSPS) is 11.1. The number of likely N-dealkylation sites (N-methyl/N-ethyl adjacent to an activating group) is 1. The van der Waals surface area contributed by atoms with Crippen molar-refractivity contribution in [2.45, 2.75) is 13.8 Å². The van der Waals surface area contributed by atoms with Crippen LogP contribution in [0.3, 0.4) is 0 Å². The van der Waals surface area contributed by atoms with Gasteiger partial charge in [-0.05, 0) is 79.2 Å². The molecule has 0 aliphatic carbocycles. The Balaban J connectivity index is 1.74. The highest BCUT2D eigenvalue weighted by Crippen LogP contribution is 2.37. The minimum absolute atomic E-state index is 0.430. The molecule has 0 atom stereocenters. The van der Waals surface area contributed by atoms with Gasteiger partial charge in [-0.3, -0.25) is 4.79 Å². The predicted molar refractivity (Wildman–Crippen MR) is 139 cm³/mol. The molecule has 186 valence electrons. The van der Waals surface area contributed by atoms with Gasteiger partial charge in [-0.15, -0.1) is 0 Å². The monoisotopic (exact) mass is 486 g/mol. The molecule has 0 unspecified atom stereocenters. The Morgan fingerprint density at radius 1 is 0.944 bits per heavy atom. The van der Waals surface area contributed by atoms with Gasteiger partial charge in [0.2, 0.25) is 17.6 Å². The average molecular weight is 487 g/mol. The van der Waals surface area contributed by atoms with Crippen molar-refractivity contribution in [3.05, 3.63) is 71.6 Å². The Labute approximate surface area is 210 Å². The fourth-order valence-corrected chi connectivity index (χ4v) is 4.00. The van der Waals surface area contributed by atoms with E-state index in [1.165, 1.54) is 0 Å². The van der Waals surface area contributed by atoms with E-state index in [-0.39, 0.29) is 0 Å². The van der Waals surface area contributed by atoms with Gasteiger partial charge in [-0.25, -0.2) is 0 Å². The minimum Gasteiger partial charge on any atom is -0.493 e. The number of carbonyl (C=O) groups excluding carboxylic acids is 1. The van der Waals surface area contributed by atoms with Gasteiger partial charge in [-0.1, -0.05) is 29.4 Å². The quantitative estimate of drug-likeness (QED) is 0.365. The third-order valence-electron chi connectivity index (χ3n) is 5.88. The second-order valence-corrected chi connectivity index (χ2v) is 8.81. The van der Waals surface area contributed by atoms with E-state index in [2.05, 4.69) is 10.1 Å². The molecule has 0 saturated carbocycles. The van der Waals surface area contributed by atoms with E-state index in [1.54, 1.807) is 20.1 Å². The number of hydrogen-bond donors (Lipinski definition) is 1. The molecule has 0 fully saturated rings. The van der Waals surface area contributed by atoms with Crippen molar-refractivity contribution in [2.24, 2.45) is 5.73 Å². The fourth-order valence-electron chi connectivity index (χ4n) is 4.00. The number of nitrogens with two attached hydrogens (primary N) is 1. The van der Waals surface area contributed by atoms with Crippen molar-refractivity contribution >= 4 is 5.91 Å². The molecule has 8 nitrogen and oxygen atoms in total. The smallest absolute Gasteiger partial charge is 0.249 e. The van der Waals surface area contributed by atoms with Crippen LogP contribution in [0.2, 0.25) is 0 Å². The summed E-state index contributed by atoms with van der Waals surface area (Å²) in [5.74, 6) is 1.79. The van der Waals surface area contributed by atoms with Gasteiger partial charge in [-0.2, -0.15) is 4.98 Å². The zero-order chi connectivity index (χ0) is 25.8. The summed E-state index contributed by atoms with van der Waals surface area (Å²) in [6.07, 6.45) is 0. The van der Waals surface area contributed by atoms with Crippen LogP contribution in [0.1, 0.15) is 21.8 Å². The van der Waals surface area contributed by atoms with E-state index >= 15 is 0 Å². The summed E-state index contributed by atoms with van der Waals surface area (Å²) in [7, 11) is 5.57. The zero-order valence-corrected chi connectivity index (χ0v) is 21.2. The van der Waals surface area contributed by atoms with Crippen LogP contribution in [-0.2, 0) is 0 Å². The molecule has 1 amide bonds. The van der Waals surface area contributed by atoms with Crippen LogP contribution in [0, 0.1) is 13.8 Å². The van der Waals surface area contributed by atoms with Gasteiger partial charge in [0.05, 0.1) is 7.11 Å². The molecule has 0 spiro atoms. The number of primary amides is 1. The van der Waals surface area contributed by atoms with Crippen molar-refractivity contribution in [3.63, 3.8) is 0 Å². The maximum absolute atomic E-state index is 12.3. The summed E-state index contributed by atoms with van der Waals surface area (Å²) in [6.45, 7) is 5.05. The van der Waals surface area contributed by atoms with Gasteiger partial charge in [0, 0.05) is 24.6 Å². The summed E-state index contributed by atoms with van der Waals surface area (Å²) in [5, 5.41) is 4.01. The molecule has 8 heteroatoms. The maximum Gasteiger partial charge on any atom is 0.249 e. The Morgan fingerprint density at radius 2 is 1.67 bits per heavy atom. The minimum atomic E-state index is -0.498. The summed E-state index contributed by atoms with van der Waals surface area (Å²) in [6, 6.07) is 17.3. The molecule has 0 radical (unpaired) electrons. The van der Waals surface area contributed by atoms with Crippen molar-refractivity contribution < 1.29 is 18.8 Å². The largest absolute Gasteiger partial charge is 0.493 e. The number of amides is 1. The van der Waals surface area contributed by atoms with Crippen LogP contribution >= 0.6 is 0 Å². The maximum atomic E-state index is 12.3. The molecule has 4 rings (SSSR count). The lowest BCUT2D eigenvalue weighted by Crippen LogP contribution is -2.19. The Morgan fingerprint density at radius 3 is 2.31 bits per heavy atom. The van der Waals surface area contributed by atoms with E-state index in [9.17, 15) is 4.79 Å². The van der Waals surface area contributed by atoms with E-state index in [1.807, 2.05) is 74.4 Å². The lowest BCUT2D eigenvalue weighted by molar-refractivity contribution is 0.100. The number of methoxy groups -OCH3 is 1. The second kappa shape index (κ2) is 10.6. The van der Waals surface area contributed by atoms with E-state index in [0.29, 0.717) is 35.4 Å². The first-order valence-electron chi connectivity index (χ1n) is 11.6. The fraction of sp³-hybridized carbons (Fsp3) is 0.250. The Kier molecular flexibility index (Phi) is 7.36. The standard InChI is InChI=1S/C28H30N4O4/c1-17-14-21(28-30-18(2)36-31-28)7-9-22(17)19-6-10-23(27(29)33)24(15-19)20-8-11-25(34-5)26(16-20)35-13-12-32(3)4/h6-11,14-16H,12-13H2,1-5H3,(H2,29,33). The predicted octanol–water partition coefficient (Wildman–Crippen LogP) is 4.74. The van der Waals surface area contributed by atoms with Crippen LogP contribution in [-0.4, -0.2) is 55.3 Å². The molecule has 0 aliphatic rings. The molecule has 0 saturated heterocycles. The van der Waals surface area contributed by atoms with Gasteiger partial charge >= 0.3 is 0 Å². The third kappa shape index (κ3) is 5.39. The summed E-state index contributed by atoms with van der Waals surface area (Å²) >= 11 is 0.